The van der Waals surface area contributed by atoms with Gasteiger partial charge >= 0.3 is 18.2 Å². The van der Waals surface area contributed by atoms with Gasteiger partial charge in [-0.15, -0.1) is 0 Å². The highest BCUT2D eigenvalue weighted by Crippen LogP contribution is 2.37. The fraction of sp³-hybridized carbons (Fsp3) is 0.333. The van der Waals surface area contributed by atoms with Gasteiger partial charge in [0.15, 0.2) is 11.5 Å². The third-order valence-corrected chi connectivity index (χ3v) is 3.39. The van der Waals surface area contributed by atoms with Gasteiger partial charge in [-0.05, 0) is 24.6 Å². The Morgan fingerprint density at radius 2 is 2.04 bits per heavy atom. The van der Waals surface area contributed by atoms with E-state index in [0.29, 0.717) is 0 Å². The first kappa shape index (κ1) is 18.4. The van der Waals surface area contributed by atoms with E-state index in [0.717, 1.165) is 0 Å². The van der Waals surface area contributed by atoms with E-state index in [9.17, 15) is 27.9 Å². The highest BCUT2D eigenvalue weighted by molar-refractivity contribution is 5.95. The second-order valence-corrected chi connectivity index (χ2v) is 4.97. The number of hydrogen-bond donors (Lipinski definition) is 3. The van der Waals surface area contributed by atoms with Crippen molar-refractivity contribution in [3.63, 3.8) is 0 Å². The van der Waals surface area contributed by atoms with Crippen molar-refractivity contribution in [2.45, 2.75) is 19.1 Å². The quantitative estimate of drug-likeness (QED) is 0.715. The van der Waals surface area contributed by atoms with Crippen molar-refractivity contribution in [3.05, 3.63) is 35.0 Å². The molecule has 1 aliphatic heterocycles. The van der Waals surface area contributed by atoms with Crippen LogP contribution in [0.5, 0.6) is 11.5 Å². The number of alkyl halides is 3. The number of methoxy groups -OCH3 is 1. The molecule has 0 aromatic heterocycles. The number of ether oxygens (including phenoxy) is 2. The number of esters is 1. The zero-order valence-electron chi connectivity index (χ0n) is 13.2. The Morgan fingerprint density at radius 3 is 2.60 bits per heavy atom. The van der Waals surface area contributed by atoms with Gasteiger partial charge in [-0.25, -0.2) is 9.59 Å². The lowest BCUT2D eigenvalue weighted by molar-refractivity contribution is -0.140. The van der Waals surface area contributed by atoms with Crippen LogP contribution < -0.4 is 15.4 Å². The molecule has 25 heavy (non-hydrogen) atoms. The minimum absolute atomic E-state index is 0.0259. The van der Waals surface area contributed by atoms with Crippen molar-refractivity contribution in [1.82, 2.24) is 10.6 Å². The first-order valence-corrected chi connectivity index (χ1v) is 7.12. The number of aromatic hydroxyl groups is 1. The number of benzene rings is 1. The molecule has 0 radical (unpaired) electrons. The predicted octanol–water partition coefficient (Wildman–Crippen LogP) is 2.13. The number of nitrogens with one attached hydrogen (secondary N) is 2. The van der Waals surface area contributed by atoms with Gasteiger partial charge < -0.3 is 25.2 Å². The van der Waals surface area contributed by atoms with Crippen molar-refractivity contribution < 1.29 is 37.3 Å². The summed E-state index contributed by atoms with van der Waals surface area (Å²) in [5.74, 6) is -1.49. The molecule has 1 heterocycles. The van der Waals surface area contributed by atoms with Gasteiger partial charge in [0.25, 0.3) is 0 Å². The number of rotatable bonds is 4. The van der Waals surface area contributed by atoms with Gasteiger partial charge in [-0.1, -0.05) is 6.07 Å². The maximum atomic E-state index is 13.3. The summed E-state index contributed by atoms with van der Waals surface area (Å²) < 4.78 is 49.5. The molecule has 1 aromatic rings. The molecule has 2 rings (SSSR count). The average molecular weight is 360 g/mol. The molecular formula is C15H15F3N2O5. The number of hydrogen-bond acceptors (Lipinski definition) is 5. The van der Waals surface area contributed by atoms with Gasteiger partial charge in [-0.2, -0.15) is 13.2 Å². The van der Waals surface area contributed by atoms with Crippen LogP contribution in [0, 0.1) is 0 Å². The Labute approximate surface area is 140 Å². The number of halogens is 3. The highest BCUT2D eigenvalue weighted by Gasteiger charge is 2.46. The molecule has 1 unspecified atom stereocenters. The smallest absolute Gasteiger partial charge is 0.432 e. The van der Waals surface area contributed by atoms with E-state index < -0.39 is 35.5 Å². The fourth-order valence-electron chi connectivity index (χ4n) is 2.34. The largest absolute Gasteiger partial charge is 0.504 e. The van der Waals surface area contributed by atoms with Gasteiger partial charge in [0, 0.05) is 0 Å². The Bertz CT molecular complexity index is 730. The molecule has 0 fully saturated rings. The van der Waals surface area contributed by atoms with E-state index in [1.54, 1.807) is 5.32 Å². The van der Waals surface area contributed by atoms with Gasteiger partial charge in [-0.3, -0.25) is 0 Å². The van der Waals surface area contributed by atoms with Crippen LogP contribution in [-0.4, -0.2) is 37.0 Å². The van der Waals surface area contributed by atoms with Crippen LogP contribution >= 0.6 is 0 Å². The van der Waals surface area contributed by atoms with Crippen molar-refractivity contribution in [2.24, 2.45) is 0 Å². The van der Waals surface area contributed by atoms with Crippen LogP contribution in [0.2, 0.25) is 0 Å². The topological polar surface area (TPSA) is 96.9 Å². The third-order valence-electron chi connectivity index (χ3n) is 3.39. The molecule has 0 aliphatic carbocycles. The number of carbonyl (C=O) groups excluding carboxylic acids is 2. The van der Waals surface area contributed by atoms with Gasteiger partial charge in [0.1, 0.15) is 5.70 Å². The van der Waals surface area contributed by atoms with E-state index in [-0.39, 0.29) is 23.7 Å². The molecule has 1 atom stereocenters. The van der Waals surface area contributed by atoms with Crippen LogP contribution in [0.1, 0.15) is 18.5 Å². The molecule has 7 nitrogen and oxygen atoms in total. The first-order valence-electron chi connectivity index (χ1n) is 7.12. The SMILES string of the molecule is CCOC(=O)C1=C(C(F)(F)F)NC(=O)NC1c1ccc(O)c(OC)c1. The molecule has 1 aromatic carbocycles. The summed E-state index contributed by atoms with van der Waals surface area (Å²) in [7, 11) is 1.25. The molecule has 0 spiro atoms. The molecule has 0 saturated carbocycles. The lowest BCUT2D eigenvalue weighted by Crippen LogP contribution is -2.49. The minimum atomic E-state index is -4.97. The van der Waals surface area contributed by atoms with Crippen molar-refractivity contribution in [3.8, 4) is 11.5 Å². The van der Waals surface area contributed by atoms with Crippen LogP contribution in [0.25, 0.3) is 0 Å². The number of phenols is 1. The van der Waals surface area contributed by atoms with Gasteiger partial charge in [0.2, 0.25) is 0 Å². The number of amides is 2. The van der Waals surface area contributed by atoms with E-state index in [2.05, 4.69) is 5.32 Å². The van der Waals surface area contributed by atoms with Crippen LogP contribution in [0.15, 0.2) is 29.5 Å². The average Bonchev–Trinajstić information content (AvgIpc) is 2.53. The molecular weight excluding hydrogens is 345 g/mol. The molecule has 0 bridgehead atoms. The predicted molar refractivity (Wildman–Crippen MR) is 78.8 cm³/mol. The van der Waals surface area contributed by atoms with E-state index in [1.807, 2.05) is 0 Å². The number of allylic oxidation sites excluding steroid dienone is 1. The normalized spacial score (nSPS) is 17.6. The molecule has 0 saturated heterocycles. The van der Waals surface area contributed by atoms with Crippen LogP contribution in [-0.2, 0) is 9.53 Å². The summed E-state index contributed by atoms with van der Waals surface area (Å²) in [6, 6.07) is 1.11. The molecule has 1 aliphatic rings. The molecule has 136 valence electrons. The fourth-order valence-corrected chi connectivity index (χ4v) is 2.34. The highest BCUT2D eigenvalue weighted by atomic mass is 19.4. The van der Waals surface area contributed by atoms with E-state index in [4.69, 9.17) is 9.47 Å². The third kappa shape index (κ3) is 3.78. The Hall–Kier alpha value is -2.91. The summed E-state index contributed by atoms with van der Waals surface area (Å²) in [6.07, 6.45) is -4.97. The summed E-state index contributed by atoms with van der Waals surface area (Å²) in [4.78, 5) is 23.8. The second-order valence-electron chi connectivity index (χ2n) is 4.97. The summed E-state index contributed by atoms with van der Waals surface area (Å²) in [5.41, 5.74) is -2.18. The molecule has 3 N–H and O–H groups in total. The Balaban J connectivity index is 2.64. The lowest BCUT2D eigenvalue weighted by Gasteiger charge is -2.30. The number of urea groups is 1. The van der Waals surface area contributed by atoms with Crippen molar-refractivity contribution in [1.29, 1.82) is 0 Å². The van der Waals surface area contributed by atoms with Crippen molar-refractivity contribution in [2.75, 3.05) is 13.7 Å². The molecule has 2 amide bonds. The second kappa shape index (κ2) is 6.91. The van der Waals surface area contributed by atoms with E-state index in [1.165, 1.54) is 32.2 Å². The monoisotopic (exact) mass is 360 g/mol. The van der Waals surface area contributed by atoms with Crippen LogP contribution in [0.4, 0.5) is 18.0 Å². The summed E-state index contributed by atoms with van der Waals surface area (Å²) >= 11 is 0. The Kier molecular flexibility index (Phi) is 5.10. The standard InChI is InChI=1S/C15H15F3N2O5/c1-3-25-13(22)10-11(7-4-5-8(21)9(6-7)24-2)19-14(23)20-12(10)15(16,17)18/h4-6,11,21H,3H2,1-2H3,(H2,19,20,23). The number of carbonyl (C=O) groups is 2. The maximum absolute atomic E-state index is 13.3. The van der Waals surface area contributed by atoms with Gasteiger partial charge in [0.05, 0.1) is 25.3 Å². The first-order chi connectivity index (χ1) is 11.7. The lowest BCUT2D eigenvalue weighted by atomic mass is 9.94. The maximum Gasteiger partial charge on any atom is 0.432 e. The zero-order chi connectivity index (χ0) is 18.8. The minimum Gasteiger partial charge on any atom is -0.504 e. The van der Waals surface area contributed by atoms with Crippen LogP contribution in [0.3, 0.4) is 0 Å². The summed E-state index contributed by atoms with van der Waals surface area (Å²) in [6.45, 7) is 1.30. The molecule has 10 heteroatoms. The number of phenolic OH excluding ortho intramolecular Hbond substituents is 1. The summed E-state index contributed by atoms with van der Waals surface area (Å²) in [5, 5.41) is 13.5. The Morgan fingerprint density at radius 1 is 1.36 bits per heavy atom. The van der Waals surface area contributed by atoms with E-state index >= 15 is 0 Å². The zero-order valence-corrected chi connectivity index (χ0v) is 13.2. The van der Waals surface area contributed by atoms with Crippen molar-refractivity contribution >= 4 is 12.0 Å².